The Morgan fingerprint density at radius 1 is 1.23 bits per heavy atom. The molecule has 1 aliphatic carbocycles. The molecule has 0 saturated heterocycles. The average Bonchev–Trinajstić information content (AvgIpc) is 3.35. The highest BCUT2D eigenvalue weighted by molar-refractivity contribution is 5.99. The third kappa shape index (κ3) is 3.78. The maximum absolute atomic E-state index is 13.2. The quantitative estimate of drug-likeness (QED) is 0.605. The lowest BCUT2D eigenvalue weighted by atomic mass is 10.0. The summed E-state index contributed by atoms with van der Waals surface area (Å²) in [7, 11) is 0. The molecule has 0 spiro atoms. The molecular formula is C23H28N4O4. The van der Waals surface area contributed by atoms with Gasteiger partial charge in [0.15, 0.2) is 5.69 Å². The van der Waals surface area contributed by atoms with Crippen molar-refractivity contribution in [3.05, 3.63) is 55.9 Å². The molecule has 1 amide bonds. The van der Waals surface area contributed by atoms with Crippen LogP contribution in [0.2, 0.25) is 0 Å². The van der Waals surface area contributed by atoms with Crippen molar-refractivity contribution in [1.29, 1.82) is 0 Å². The summed E-state index contributed by atoms with van der Waals surface area (Å²) in [5.41, 5.74) is 9.18. The number of anilines is 2. The van der Waals surface area contributed by atoms with E-state index in [1.54, 1.807) is 13.2 Å². The van der Waals surface area contributed by atoms with Crippen molar-refractivity contribution in [3.63, 3.8) is 0 Å². The molecule has 0 saturated carbocycles. The van der Waals surface area contributed by atoms with Crippen molar-refractivity contribution in [1.82, 2.24) is 9.55 Å². The zero-order chi connectivity index (χ0) is 22.1. The number of aryl methyl sites for hydroxylation is 2. The molecule has 8 nitrogen and oxygen atoms in total. The minimum atomic E-state index is -0.652. The van der Waals surface area contributed by atoms with Crippen LogP contribution < -0.4 is 21.9 Å². The Hall–Kier alpha value is -3.29. The number of aromatic nitrogens is 2. The smallest absolute Gasteiger partial charge is 0.330 e. The largest absolute Gasteiger partial charge is 0.464 e. The van der Waals surface area contributed by atoms with E-state index in [1.165, 1.54) is 20.6 Å². The van der Waals surface area contributed by atoms with E-state index in [2.05, 4.69) is 17.1 Å². The van der Waals surface area contributed by atoms with Crippen LogP contribution in [-0.4, -0.2) is 22.0 Å². The monoisotopic (exact) mass is 424 g/mol. The van der Waals surface area contributed by atoms with Crippen molar-refractivity contribution in [2.75, 3.05) is 17.2 Å². The van der Waals surface area contributed by atoms with Gasteiger partial charge in [0.05, 0.1) is 12.7 Å². The Morgan fingerprint density at radius 2 is 1.97 bits per heavy atom. The highest BCUT2D eigenvalue weighted by Gasteiger charge is 2.24. The van der Waals surface area contributed by atoms with E-state index in [0.717, 1.165) is 48.6 Å². The SMILES string of the molecule is CCCCn1c(N)c(N(CC)C(=O)Cc2coc3cc4c(cc23)CCC4)c(=O)[nH]c1=O. The Kier molecular flexibility index (Phi) is 5.71. The van der Waals surface area contributed by atoms with Crippen molar-refractivity contribution in [2.45, 2.75) is 58.9 Å². The predicted molar refractivity (Wildman–Crippen MR) is 121 cm³/mol. The van der Waals surface area contributed by atoms with Gasteiger partial charge >= 0.3 is 5.69 Å². The van der Waals surface area contributed by atoms with E-state index >= 15 is 0 Å². The van der Waals surface area contributed by atoms with Gasteiger partial charge in [0.2, 0.25) is 5.91 Å². The normalized spacial score (nSPS) is 13.0. The second-order valence-corrected chi connectivity index (χ2v) is 8.04. The lowest BCUT2D eigenvalue weighted by Crippen LogP contribution is -2.41. The molecule has 164 valence electrons. The van der Waals surface area contributed by atoms with Gasteiger partial charge in [-0.3, -0.25) is 19.1 Å². The van der Waals surface area contributed by atoms with Gasteiger partial charge in [-0.2, -0.15) is 0 Å². The number of aromatic amines is 1. The van der Waals surface area contributed by atoms with Gasteiger partial charge in [0.25, 0.3) is 5.56 Å². The first-order chi connectivity index (χ1) is 14.9. The molecule has 1 aliphatic rings. The van der Waals surface area contributed by atoms with E-state index in [-0.39, 0.29) is 30.4 Å². The van der Waals surface area contributed by atoms with Crippen LogP contribution in [0.4, 0.5) is 11.5 Å². The van der Waals surface area contributed by atoms with Crippen LogP contribution in [0.3, 0.4) is 0 Å². The third-order valence-electron chi connectivity index (χ3n) is 6.05. The predicted octanol–water partition coefficient (Wildman–Crippen LogP) is 2.75. The number of likely N-dealkylation sites (N-methyl/N-ethyl adjacent to an activating group) is 1. The van der Waals surface area contributed by atoms with Crippen molar-refractivity contribution in [3.8, 4) is 0 Å². The second-order valence-electron chi connectivity index (χ2n) is 8.04. The molecule has 31 heavy (non-hydrogen) atoms. The molecule has 3 aromatic rings. The van der Waals surface area contributed by atoms with E-state index in [1.807, 2.05) is 6.92 Å². The standard InChI is InChI=1S/C23H28N4O4/c1-3-5-9-27-21(24)20(22(29)25-23(27)30)26(4-2)19(28)12-16-13-31-18-11-15-8-6-7-14(15)10-17(16)18/h10-11,13H,3-9,12,24H2,1-2H3,(H,25,29,30). The second kappa shape index (κ2) is 8.45. The summed E-state index contributed by atoms with van der Waals surface area (Å²) in [6.45, 7) is 4.41. The fraction of sp³-hybridized carbons (Fsp3) is 0.435. The number of unbranched alkanes of at least 4 members (excludes halogenated alkanes) is 1. The number of hydrogen-bond acceptors (Lipinski definition) is 5. The molecule has 2 aromatic heterocycles. The van der Waals surface area contributed by atoms with E-state index in [4.69, 9.17) is 10.2 Å². The van der Waals surface area contributed by atoms with Gasteiger partial charge in [-0.25, -0.2) is 4.79 Å². The zero-order valence-corrected chi connectivity index (χ0v) is 18.0. The zero-order valence-electron chi connectivity index (χ0n) is 18.0. The van der Waals surface area contributed by atoms with Crippen LogP contribution in [0.1, 0.15) is 49.8 Å². The fourth-order valence-corrected chi connectivity index (χ4v) is 4.38. The number of hydrogen-bond donors (Lipinski definition) is 2. The van der Waals surface area contributed by atoms with Crippen LogP contribution in [0.5, 0.6) is 0 Å². The molecule has 1 aromatic carbocycles. The minimum Gasteiger partial charge on any atom is -0.464 e. The summed E-state index contributed by atoms with van der Waals surface area (Å²) in [5, 5.41) is 0.930. The van der Waals surface area contributed by atoms with Crippen LogP contribution in [0.15, 0.2) is 32.4 Å². The number of nitrogens with zero attached hydrogens (tertiary/aromatic N) is 2. The van der Waals surface area contributed by atoms with Crippen molar-refractivity contribution >= 4 is 28.4 Å². The number of benzene rings is 1. The summed E-state index contributed by atoms with van der Waals surface area (Å²) >= 11 is 0. The maximum atomic E-state index is 13.2. The highest BCUT2D eigenvalue weighted by atomic mass is 16.3. The third-order valence-corrected chi connectivity index (χ3v) is 6.05. The van der Waals surface area contributed by atoms with Crippen LogP contribution >= 0.6 is 0 Å². The number of nitrogens with two attached hydrogens (primary N) is 1. The number of rotatable bonds is 7. The summed E-state index contributed by atoms with van der Waals surface area (Å²) in [6.07, 6.45) is 6.52. The first kappa shape index (κ1) is 21.0. The minimum absolute atomic E-state index is 0.0206. The van der Waals surface area contributed by atoms with Gasteiger partial charge in [0.1, 0.15) is 11.4 Å². The number of fused-ring (bicyclic) bond motifs is 2. The molecule has 4 rings (SSSR count). The molecule has 3 N–H and O–H groups in total. The molecule has 0 bridgehead atoms. The lowest BCUT2D eigenvalue weighted by molar-refractivity contribution is -0.117. The molecule has 0 fully saturated rings. The topological polar surface area (TPSA) is 114 Å². The number of H-pyrrole nitrogens is 1. The van der Waals surface area contributed by atoms with E-state index in [9.17, 15) is 14.4 Å². The first-order valence-corrected chi connectivity index (χ1v) is 10.9. The Bertz CT molecular complexity index is 1250. The van der Waals surface area contributed by atoms with E-state index in [0.29, 0.717) is 6.54 Å². The molecular weight excluding hydrogens is 396 g/mol. The van der Waals surface area contributed by atoms with Crippen LogP contribution in [0, 0.1) is 0 Å². The molecule has 2 heterocycles. The number of nitrogens with one attached hydrogen (secondary N) is 1. The Balaban J connectivity index is 1.68. The molecule has 0 aliphatic heterocycles. The molecule has 0 atom stereocenters. The van der Waals surface area contributed by atoms with Gasteiger partial charge in [-0.15, -0.1) is 0 Å². The Labute approximate surface area is 179 Å². The van der Waals surface area contributed by atoms with Crippen LogP contribution in [-0.2, 0) is 30.6 Å². The number of nitrogen functional groups attached to an aromatic ring is 1. The van der Waals surface area contributed by atoms with E-state index < -0.39 is 11.2 Å². The maximum Gasteiger partial charge on any atom is 0.330 e. The number of furan rings is 1. The lowest BCUT2D eigenvalue weighted by Gasteiger charge is -2.23. The Morgan fingerprint density at radius 3 is 2.68 bits per heavy atom. The molecule has 8 heteroatoms. The summed E-state index contributed by atoms with van der Waals surface area (Å²) in [4.78, 5) is 41.7. The number of carbonyl (C=O) groups excluding carboxylic acids is 1. The number of amides is 1. The van der Waals surface area contributed by atoms with Gasteiger partial charge in [0, 0.05) is 24.0 Å². The first-order valence-electron chi connectivity index (χ1n) is 10.9. The average molecular weight is 425 g/mol. The van der Waals surface area contributed by atoms with Gasteiger partial charge in [-0.05, 0) is 55.9 Å². The summed E-state index contributed by atoms with van der Waals surface area (Å²) < 4.78 is 7.04. The van der Waals surface area contributed by atoms with Crippen LogP contribution in [0.25, 0.3) is 11.0 Å². The molecule has 0 radical (unpaired) electrons. The van der Waals surface area contributed by atoms with Gasteiger partial charge < -0.3 is 15.1 Å². The van der Waals surface area contributed by atoms with Crippen molar-refractivity contribution < 1.29 is 9.21 Å². The number of carbonyl (C=O) groups is 1. The molecule has 0 unspecified atom stereocenters. The highest BCUT2D eigenvalue weighted by Crippen LogP contribution is 2.31. The fourth-order valence-electron chi connectivity index (χ4n) is 4.38. The van der Waals surface area contributed by atoms with Gasteiger partial charge in [-0.1, -0.05) is 13.3 Å². The summed E-state index contributed by atoms with van der Waals surface area (Å²) in [5.74, 6) is -0.254. The summed E-state index contributed by atoms with van der Waals surface area (Å²) in [6, 6.07) is 4.18. The van der Waals surface area contributed by atoms with Crippen molar-refractivity contribution in [2.24, 2.45) is 0 Å².